The van der Waals surface area contributed by atoms with E-state index in [4.69, 9.17) is 14.9 Å². The van der Waals surface area contributed by atoms with Crippen molar-refractivity contribution in [1.29, 1.82) is 0 Å². The van der Waals surface area contributed by atoms with E-state index in [-0.39, 0.29) is 0 Å². The van der Waals surface area contributed by atoms with Crippen LogP contribution in [0.2, 0.25) is 0 Å². The van der Waals surface area contributed by atoms with Crippen molar-refractivity contribution in [3.05, 3.63) is 41.8 Å². The van der Waals surface area contributed by atoms with Crippen LogP contribution in [-0.4, -0.2) is 42.1 Å². The Morgan fingerprint density at radius 1 is 1.27 bits per heavy atom. The van der Waals surface area contributed by atoms with Crippen LogP contribution in [0.25, 0.3) is 11.5 Å². The molecular weight excluding hydrogens is 280 g/mol. The summed E-state index contributed by atoms with van der Waals surface area (Å²) in [6.07, 6.45) is 1.63. The maximum absolute atomic E-state index is 5.99. The maximum atomic E-state index is 5.99. The fourth-order valence-electron chi connectivity index (χ4n) is 2.26. The van der Waals surface area contributed by atoms with Crippen LogP contribution in [0.4, 0.5) is 0 Å². The van der Waals surface area contributed by atoms with Crippen LogP contribution in [0.1, 0.15) is 11.3 Å². The van der Waals surface area contributed by atoms with E-state index in [0.29, 0.717) is 31.6 Å². The Kier molecular flexibility index (Phi) is 4.39. The highest BCUT2D eigenvalue weighted by atomic mass is 16.5. The van der Waals surface area contributed by atoms with Crippen molar-refractivity contribution in [3.63, 3.8) is 0 Å². The zero-order valence-corrected chi connectivity index (χ0v) is 12.7. The predicted molar refractivity (Wildman–Crippen MR) is 84.4 cm³/mol. The van der Waals surface area contributed by atoms with Crippen LogP contribution in [0.3, 0.4) is 0 Å². The SMILES string of the molecule is Cc1ccc(-c2nc(CN=C(N)N3CCOCC3)co2)cc1. The lowest BCUT2D eigenvalue weighted by molar-refractivity contribution is 0.0674. The molecule has 2 aromatic rings. The highest BCUT2D eigenvalue weighted by Gasteiger charge is 2.12. The molecule has 1 saturated heterocycles. The Balaban J connectivity index is 1.65. The molecule has 0 saturated carbocycles. The average molecular weight is 300 g/mol. The first-order valence-electron chi connectivity index (χ1n) is 7.36. The van der Waals surface area contributed by atoms with Gasteiger partial charge in [-0.15, -0.1) is 0 Å². The van der Waals surface area contributed by atoms with Gasteiger partial charge < -0.3 is 19.8 Å². The second kappa shape index (κ2) is 6.62. The van der Waals surface area contributed by atoms with E-state index in [1.807, 2.05) is 36.1 Å². The van der Waals surface area contributed by atoms with E-state index in [9.17, 15) is 0 Å². The highest BCUT2D eigenvalue weighted by molar-refractivity contribution is 5.78. The Hall–Kier alpha value is -2.34. The number of aryl methyl sites for hydroxylation is 1. The minimum Gasteiger partial charge on any atom is -0.444 e. The lowest BCUT2D eigenvalue weighted by Gasteiger charge is -2.27. The fraction of sp³-hybridized carbons (Fsp3) is 0.375. The average Bonchev–Trinajstić information content (AvgIpc) is 3.03. The van der Waals surface area contributed by atoms with Crippen molar-refractivity contribution in [2.45, 2.75) is 13.5 Å². The predicted octanol–water partition coefficient (Wildman–Crippen LogP) is 1.80. The van der Waals surface area contributed by atoms with Gasteiger partial charge in [0.1, 0.15) is 12.0 Å². The van der Waals surface area contributed by atoms with E-state index >= 15 is 0 Å². The third kappa shape index (κ3) is 3.46. The number of aromatic nitrogens is 1. The molecule has 0 bridgehead atoms. The van der Waals surface area contributed by atoms with Gasteiger partial charge >= 0.3 is 0 Å². The van der Waals surface area contributed by atoms with Gasteiger partial charge in [-0.05, 0) is 19.1 Å². The number of rotatable bonds is 3. The van der Waals surface area contributed by atoms with Crippen LogP contribution in [0, 0.1) is 6.92 Å². The number of aliphatic imine (C=N–C) groups is 1. The molecule has 0 radical (unpaired) electrons. The topological polar surface area (TPSA) is 76.9 Å². The normalized spacial score (nSPS) is 16.0. The number of oxazole rings is 1. The number of hydrogen-bond donors (Lipinski definition) is 1. The zero-order chi connectivity index (χ0) is 15.4. The van der Waals surface area contributed by atoms with Gasteiger partial charge in [0.2, 0.25) is 5.89 Å². The van der Waals surface area contributed by atoms with E-state index in [2.05, 4.69) is 9.98 Å². The minimum absolute atomic E-state index is 0.415. The number of hydrogen-bond acceptors (Lipinski definition) is 4. The molecule has 1 aromatic heterocycles. The number of morpholine rings is 1. The second-order valence-corrected chi connectivity index (χ2v) is 5.28. The molecule has 6 nitrogen and oxygen atoms in total. The molecule has 1 fully saturated rings. The van der Waals surface area contributed by atoms with E-state index in [1.54, 1.807) is 6.26 Å². The third-order valence-electron chi connectivity index (χ3n) is 3.59. The Morgan fingerprint density at radius 3 is 2.73 bits per heavy atom. The molecule has 0 amide bonds. The summed E-state index contributed by atoms with van der Waals surface area (Å²) in [5.41, 5.74) is 8.93. The number of nitrogens with two attached hydrogens (primary N) is 1. The number of guanidine groups is 1. The van der Waals surface area contributed by atoms with Gasteiger partial charge in [-0.2, -0.15) is 0 Å². The summed E-state index contributed by atoms with van der Waals surface area (Å²) < 4.78 is 10.8. The molecule has 2 heterocycles. The summed E-state index contributed by atoms with van der Waals surface area (Å²) in [6.45, 7) is 5.41. The molecule has 2 N–H and O–H groups in total. The smallest absolute Gasteiger partial charge is 0.226 e. The molecule has 0 spiro atoms. The Labute approximate surface area is 129 Å². The number of benzene rings is 1. The Bertz CT molecular complexity index is 642. The first-order valence-corrected chi connectivity index (χ1v) is 7.36. The molecule has 0 atom stereocenters. The first-order chi connectivity index (χ1) is 10.7. The summed E-state index contributed by atoms with van der Waals surface area (Å²) in [5, 5.41) is 0. The molecular formula is C16H20N4O2. The van der Waals surface area contributed by atoms with E-state index in [0.717, 1.165) is 24.3 Å². The van der Waals surface area contributed by atoms with Crippen LogP contribution < -0.4 is 5.73 Å². The fourth-order valence-corrected chi connectivity index (χ4v) is 2.26. The minimum atomic E-state index is 0.415. The van der Waals surface area contributed by atoms with E-state index in [1.165, 1.54) is 5.56 Å². The van der Waals surface area contributed by atoms with Gasteiger partial charge in [-0.25, -0.2) is 9.98 Å². The van der Waals surface area contributed by atoms with Gasteiger partial charge in [0.05, 0.1) is 19.8 Å². The molecule has 0 aliphatic carbocycles. The summed E-state index contributed by atoms with van der Waals surface area (Å²) in [4.78, 5) is 10.9. The largest absolute Gasteiger partial charge is 0.444 e. The van der Waals surface area contributed by atoms with Crippen molar-refractivity contribution >= 4 is 5.96 Å². The van der Waals surface area contributed by atoms with Crippen LogP contribution in [-0.2, 0) is 11.3 Å². The summed E-state index contributed by atoms with van der Waals surface area (Å²) in [5.74, 6) is 1.14. The standard InChI is InChI=1S/C16H20N4O2/c1-12-2-4-13(5-3-12)15-19-14(11-22-15)10-18-16(17)20-6-8-21-9-7-20/h2-5,11H,6-10H2,1H3,(H2,17,18). The maximum Gasteiger partial charge on any atom is 0.226 e. The van der Waals surface area contributed by atoms with Crippen molar-refractivity contribution in [2.24, 2.45) is 10.7 Å². The molecule has 1 aliphatic heterocycles. The van der Waals surface area contributed by atoms with Gasteiger partial charge in [0.15, 0.2) is 5.96 Å². The summed E-state index contributed by atoms with van der Waals surface area (Å²) in [7, 11) is 0. The lowest BCUT2D eigenvalue weighted by atomic mass is 10.1. The lowest BCUT2D eigenvalue weighted by Crippen LogP contribution is -2.44. The molecule has 22 heavy (non-hydrogen) atoms. The van der Waals surface area contributed by atoms with Gasteiger partial charge in [0, 0.05) is 18.7 Å². The molecule has 0 unspecified atom stereocenters. The zero-order valence-electron chi connectivity index (χ0n) is 12.7. The molecule has 116 valence electrons. The molecule has 1 aliphatic rings. The molecule has 1 aromatic carbocycles. The van der Waals surface area contributed by atoms with Crippen molar-refractivity contribution in [2.75, 3.05) is 26.3 Å². The van der Waals surface area contributed by atoms with Crippen LogP contribution in [0.15, 0.2) is 39.9 Å². The van der Waals surface area contributed by atoms with E-state index < -0.39 is 0 Å². The van der Waals surface area contributed by atoms with Gasteiger partial charge in [-0.3, -0.25) is 0 Å². The van der Waals surface area contributed by atoms with Crippen LogP contribution >= 0.6 is 0 Å². The Morgan fingerprint density at radius 2 is 2.00 bits per heavy atom. The number of ether oxygens (including phenoxy) is 1. The molecule has 6 heteroatoms. The van der Waals surface area contributed by atoms with Crippen molar-refractivity contribution in [1.82, 2.24) is 9.88 Å². The monoisotopic (exact) mass is 300 g/mol. The van der Waals surface area contributed by atoms with Crippen molar-refractivity contribution < 1.29 is 9.15 Å². The highest BCUT2D eigenvalue weighted by Crippen LogP contribution is 2.19. The first kappa shape index (κ1) is 14.6. The van der Waals surface area contributed by atoms with Crippen molar-refractivity contribution in [3.8, 4) is 11.5 Å². The quantitative estimate of drug-likeness (QED) is 0.691. The second-order valence-electron chi connectivity index (χ2n) is 5.28. The van der Waals surface area contributed by atoms with Gasteiger partial charge in [0.25, 0.3) is 0 Å². The number of nitrogens with zero attached hydrogens (tertiary/aromatic N) is 3. The summed E-state index contributed by atoms with van der Waals surface area (Å²) in [6, 6.07) is 8.06. The third-order valence-corrected chi connectivity index (χ3v) is 3.59. The van der Waals surface area contributed by atoms with Gasteiger partial charge in [-0.1, -0.05) is 17.7 Å². The molecule has 3 rings (SSSR count). The van der Waals surface area contributed by atoms with Crippen LogP contribution in [0.5, 0.6) is 0 Å². The summed E-state index contributed by atoms with van der Waals surface area (Å²) >= 11 is 0.